The maximum Gasteiger partial charge on any atom is 0.338 e. The third-order valence-corrected chi connectivity index (χ3v) is 2.57. The van der Waals surface area contributed by atoms with Gasteiger partial charge in [-0.25, -0.2) is 4.79 Å². The third-order valence-electron chi connectivity index (χ3n) is 2.57. The Morgan fingerprint density at radius 2 is 1.94 bits per heavy atom. The van der Waals surface area contributed by atoms with Crippen molar-refractivity contribution in [3.05, 3.63) is 65.2 Å². The van der Waals surface area contributed by atoms with Crippen LogP contribution in [0.1, 0.15) is 21.5 Å². The average molecular weight is 241 g/mol. The SMILES string of the molecule is Cc1cccc(COC(=O)c2cccc(N)c2)c1. The summed E-state index contributed by atoms with van der Waals surface area (Å²) < 4.78 is 5.23. The topological polar surface area (TPSA) is 52.3 Å². The van der Waals surface area contributed by atoms with Crippen molar-refractivity contribution in [1.29, 1.82) is 0 Å². The predicted molar refractivity (Wildman–Crippen MR) is 71.2 cm³/mol. The van der Waals surface area contributed by atoms with Crippen LogP contribution in [-0.4, -0.2) is 5.97 Å². The molecule has 0 unspecified atom stereocenters. The summed E-state index contributed by atoms with van der Waals surface area (Å²) in [5.74, 6) is -0.358. The summed E-state index contributed by atoms with van der Waals surface area (Å²) in [7, 11) is 0. The van der Waals surface area contributed by atoms with Crippen molar-refractivity contribution in [2.45, 2.75) is 13.5 Å². The lowest BCUT2D eigenvalue weighted by Gasteiger charge is -2.06. The maximum absolute atomic E-state index is 11.8. The molecule has 0 spiro atoms. The summed E-state index contributed by atoms with van der Waals surface area (Å²) >= 11 is 0. The van der Waals surface area contributed by atoms with E-state index < -0.39 is 0 Å². The molecular formula is C15H15NO2. The molecule has 0 fully saturated rings. The quantitative estimate of drug-likeness (QED) is 0.664. The predicted octanol–water partition coefficient (Wildman–Crippen LogP) is 2.93. The highest BCUT2D eigenvalue weighted by atomic mass is 16.5. The Morgan fingerprint density at radius 3 is 2.67 bits per heavy atom. The van der Waals surface area contributed by atoms with Gasteiger partial charge in [-0.05, 0) is 30.7 Å². The number of esters is 1. The van der Waals surface area contributed by atoms with Gasteiger partial charge in [0.1, 0.15) is 6.61 Å². The lowest BCUT2D eigenvalue weighted by atomic mass is 10.1. The van der Waals surface area contributed by atoms with Gasteiger partial charge in [0.25, 0.3) is 0 Å². The van der Waals surface area contributed by atoms with Crippen molar-refractivity contribution < 1.29 is 9.53 Å². The van der Waals surface area contributed by atoms with Gasteiger partial charge in [-0.2, -0.15) is 0 Å². The smallest absolute Gasteiger partial charge is 0.338 e. The van der Waals surface area contributed by atoms with Crippen LogP contribution < -0.4 is 5.73 Å². The largest absolute Gasteiger partial charge is 0.457 e. The number of nitrogens with two attached hydrogens (primary N) is 1. The molecule has 0 atom stereocenters. The highest BCUT2D eigenvalue weighted by Gasteiger charge is 2.07. The molecule has 92 valence electrons. The maximum atomic E-state index is 11.8. The minimum absolute atomic E-state index is 0.273. The van der Waals surface area contributed by atoms with Crippen LogP contribution in [0.15, 0.2) is 48.5 Å². The second kappa shape index (κ2) is 5.36. The Hall–Kier alpha value is -2.29. The number of anilines is 1. The molecule has 2 aromatic carbocycles. The summed E-state index contributed by atoms with van der Waals surface area (Å²) in [5.41, 5.74) is 8.77. The van der Waals surface area contributed by atoms with Crippen LogP contribution in [-0.2, 0) is 11.3 Å². The summed E-state index contributed by atoms with van der Waals surface area (Å²) in [5, 5.41) is 0. The third kappa shape index (κ3) is 3.10. The number of carbonyl (C=O) groups excluding carboxylic acids is 1. The zero-order valence-corrected chi connectivity index (χ0v) is 10.2. The van der Waals surface area contributed by atoms with Gasteiger partial charge in [0.2, 0.25) is 0 Å². The fraction of sp³-hybridized carbons (Fsp3) is 0.133. The molecule has 3 heteroatoms. The Bertz CT molecular complexity index is 564. The summed E-state index contributed by atoms with van der Waals surface area (Å²) in [6, 6.07) is 14.6. The monoisotopic (exact) mass is 241 g/mol. The van der Waals surface area contributed by atoms with E-state index in [-0.39, 0.29) is 12.6 Å². The van der Waals surface area contributed by atoms with E-state index in [0.717, 1.165) is 11.1 Å². The minimum Gasteiger partial charge on any atom is -0.457 e. The van der Waals surface area contributed by atoms with E-state index >= 15 is 0 Å². The molecule has 3 nitrogen and oxygen atoms in total. The lowest BCUT2D eigenvalue weighted by molar-refractivity contribution is 0.0472. The molecule has 2 rings (SSSR count). The summed E-state index contributed by atoms with van der Waals surface area (Å²) in [6.07, 6.45) is 0. The minimum atomic E-state index is -0.358. The van der Waals surface area contributed by atoms with Crippen molar-refractivity contribution in [2.75, 3.05) is 5.73 Å². The van der Waals surface area contributed by atoms with E-state index in [4.69, 9.17) is 10.5 Å². The molecule has 18 heavy (non-hydrogen) atoms. The first-order chi connectivity index (χ1) is 8.65. The van der Waals surface area contributed by atoms with Gasteiger partial charge in [-0.3, -0.25) is 0 Å². The Balaban J connectivity index is 2.00. The van der Waals surface area contributed by atoms with E-state index in [9.17, 15) is 4.79 Å². The molecule has 0 aliphatic carbocycles. The van der Waals surface area contributed by atoms with Crippen LogP contribution in [0.5, 0.6) is 0 Å². The number of hydrogen-bond donors (Lipinski definition) is 1. The number of aryl methyl sites for hydroxylation is 1. The van der Waals surface area contributed by atoms with Crippen LogP contribution in [0.3, 0.4) is 0 Å². The standard InChI is InChI=1S/C15H15NO2/c1-11-4-2-5-12(8-11)10-18-15(17)13-6-3-7-14(16)9-13/h2-9H,10,16H2,1H3. The normalized spacial score (nSPS) is 10.1. The number of hydrogen-bond acceptors (Lipinski definition) is 3. The van der Waals surface area contributed by atoms with Crippen LogP contribution in [0.4, 0.5) is 5.69 Å². The molecule has 0 bridgehead atoms. The van der Waals surface area contributed by atoms with E-state index in [1.165, 1.54) is 0 Å². The van der Waals surface area contributed by atoms with Gasteiger partial charge in [-0.15, -0.1) is 0 Å². The molecule has 0 saturated carbocycles. The first-order valence-electron chi connectivity index (χ1n) is 5.73. The van der Waals surface area contributed by atoms with Crippen molar-refractivity contribution in [3.8, 4) is 0 Å². The average Bonchev–Trinajstić information content (AvgIpc) is 2.36. The Morgan fingerprint density at radius 1 is 1.17 bits per heavy atom. The molecule has 2 N–H and O–H groups in total. The Kier molecular flexibility index (Phi) is 3.63. The van der Waals surface area contributed by atoms with Gasteiger partial charge in [0, 0.05) is 5.69 Å². The molecule has 0 aromatic heterocycles. The number of benzene rings is 2. The second-order valence-electron chi connectivity index (χ2n) is 4.19. The molecule has 2 aromatic rings. The van der Waals surface area contributed by atoms with Crippen molar-refractivity contribution in [1.82, 2.24) is 0 Å². The molecule has 0 radical (unpaired) electrons. The number of rotatable bonds is 3. The highest BCUT2D eigenvalue weighted by Crippen LogP contribution is 2.10. The summed E-state index contributed by atoms with van der Waals surface area (Å²) in [6.45, 7) is 2.28. The Labute approximate surface area is 106 Å². The molecule has 0 heterocycles. The van der Waals surface area contributed by atoms with Crippen LogP contribution in [0.2, 0.25) is 0 Å². The van der Waals surface area contributed by atoms with Crippen molar-refractivity contribution in [2.24, 2.45) is 0 Å². The molecule has 0 saturated heterocycles. The van der Waals surface area contributed by atoms with E-state index in [1.807, 2.05) is 31.2 Å². The van der Waals surface area contributed by atoms with Crippen LogP contribution >= 0.6 is 0 Å². The molecular weight excluding hydrogens is 226 g/mol. The van der Waals surface area contributed by atoms with Gasteiger partial charge >= 0.3 is 5.97 Å². The van der Waals surface area contributed by atoms with Gasteiger partial charge in [0.05, 0.1) is 5.56 Å². The van der Waals surface area contributed by atoms with Gasteiger partial charge < -0.3 is 10.5 Å². The lowest BCUT2D eigenvalue weighted by Crippen LogP contribution is -2.05. The van der Waals surface area contributed by atoms with E-state index in [1.54, 1.807) is 24.3 Å². The first-order valence-corrected chi connectivity index (χ1v) is 5.73. The fourth-order valence-electron chi connectivity index (χ4n) is 1.70. The van der Waals surface area contributed by atoms with Crippen molar-refractivity contribution >= 4 is 11.7 Å². The zero-order valence-electron chi connectivity index (χ0n) is 10.2. The second-order valence-corrected chi connectivity index (χ2v) is 4.19. The number of ether oxygens (including phenoxy) is 1. The molecule has 0 amide bonds. The van der Waals surface area contributed by atoms with Crippen LogP contribution in [0, 0.1) is 6.92 Å². The first kappa shape index (κ1) is 12.2. The molecule has 0 aliphatic rings. The highest BCUT2D eigenvalue weighted by molar-refractivity contribution is 5.90. The van der Waals surface area contributed by atoms with Gasteiger partial charge in [0.15, 0.2) is 0 Å². The van der Waals surface area contributed by atoms with Gasteiger partial charge in [-0.1, -0.05) is 35.9 Å². The molecule has 0 aliphatic heterocycles. The number of carbonyl (C=O) groups is 1. The zero-order chi connectivity index (χ0) is 13.0. The van der Waals surface area contributed by atoms with Crippen molar-refractivity contribution in [3.63, 3.8) is 0 Å². The van der Waals surface area contributed by atoms with E-state index in [0.29, 0.717) is 11.3 Å². The fourth-order valence-corrected chi connectivity index (χ4v) is 1.70. The van der Waals surface area contributed by atoms with E-state index in [2.05, 4.69) is 0 Å². The van der Waals surface area contributed by atoms with Crippen LogP contribution in [0.25, 0.3) is 0 Å². The number of nitrogen functional groups attached to an aromatic ring is 1. The summed E-state index contributed by atoms with van der Waals surface area (Å²) in [4.78, 5) is 11.8.